The van der Waals surface area contributed by atoms with Crippen molar-refractivity contribution < 1.29 is 9.90 Å². The Hall–Kier alpha value is -2.47. The van der Waals surface area contributed by atoms with Crippen LogP contribution in [0.15, 0.2) is 53.1 Å². The normalized spacial score (nSPS) is 11.5. The van der Waals surface area contributed by atoms with Gasteiger partial charge in [0.1, 0.15) is 5.52 Å². The van der Waals surface area contributed by atoms with E-state index in [-0.39, 0.29) is 0 Å². The van der Waals surface area contributed by atoms with Gasteiger partial charge in [-0.05, 0) is 51.1 Å². The fraction of sp³-hybridized carbons (Fsp3) is 0.211. The topological polar surface area (TPSA) is 66.3 Å². The highest BCUT2D eigenvalue weighted by Crippen LogP contribution is 2.31. The van der Waals surface area contributed by atoms with Gasteiger partial charge in [0.05, 0.1) is 16.9 Å². The van der Waals surface area contributed by atoms with Crippen LogP contribution in [-0.4, -0.2) is 26.7 Å². The summed E-state index contributed by atoms with van der Waals surface area (Å²) in [7, 11) is 0. The van der Waals surface area contributed by atoms with Gasteiger partial charge in [-0.15, -0.1) is 0 Å². The van der Waals surface area contributed by atoms with Gasteiger partial charge >= 0.3 is 6.09 Å². The fourth-order valence-electron chi connectivity index (χ4n) is 2.75. The predicted molar refractivity (Wildman–Crippen MR) is 103 cm³/mol. The fourth-order valence-corrected chi connectivity index (χ4v) is 3.15. The number of carboxylic acid groups (broad SMARTS) is 1. The van der Waals surface area contributed by atoms with Gasteiger partial charge in [-0.25, -0.2) is 9.78 Å². The van der Waals surface area contributed by atoms with Crippen LogP contribution in [0, 0.1) is 0 Å². The number of fused-ring (bicyclic) bond motifs is 1. The summed E-state index contributed by atoms with van der Waals surface area (Å²) in [6, 6.07) is 13.3. The van der Waals surface area contributed by atoms with E-state index < -0.39 is 11.6 Å². The molecule has 0 saturated carbocycles. The SMILES string of the molecule is CC(C)(C)N(C(=O)O)c1ccnc2ccc(-c3cccc(Br)c3)nc12. The van der Waals surface area contributed by atoms with Gasteiger partial charge in [-0.2, -0.15) is 0 Å². The number of rotatable bonds is 2. The maximum atomic E-state index is 11.9. The van der Waals surface area contributed by atoms with E-state index in [0.29, 0.717) is 16.7 Å². The highest BCUT2D eigenvalue weighted by Gasteiger charge is 2.29. The molecular formula is C19H18BrN3O2. The van der Waals surface area contributed by atoms with Gasteiger partial charge in [0.2, 0.25) is 0 Å². The summed E-state index contributed by atoms with van der Waals surface area (Å²) in [5.41, 5.74) is 2.87. The van der Waals surface area contributed by atoms with E-state index in [1.165, 1.54) is 4.90 Å². The maximum Gasteiger partial charge on any atom is 0.412 e. The Labute approximate surface area is 154 Å². The molecule has 6 heteroatoms. The van der Waals surface area contributed by atoms with E-state index >= 15 is 0 Å². The summed E-state index contributed by atoms with van der Waals surface area (Å²) >= 11 is 3.47. The molecule has 2 heterocycles. The third-order valence-electron chi connectivity index (χ3n) is 3.79. The molecule has 0 fully saturated rings. The van der Waals surface area contributed by atoms with Crippen LogP contribution in [0.3, 0.4) is 0 Å². The van der Waals surface area contributed by atoms with Crippen molar-refractivity contribution in [2.24, 2.45) is 0 Å². The Kier molecular flexibility index (Phi) is 4.47. The van der Waals surface area contributed by atoms with E-state index in [9.17, 15) is 9.90 Å². The molecule has 0 saturated heterocycles. The number of anilines is 1. The molecule has 0 aliphatic heterocycles. The molecule has 1 amide bonds. The lowest BCUT2D eigenvalue weighted by atomic mass is 10.0. The number of aromatic nitrogens is 2. The van der Waals surface area contributed by atoms with Crippen molar-refractivity contribution in [1.29, 1.82) is 0 Å². The molecule has 0 aliphatic carbocycles. The number of amides is 1. The molecule has 0 spiro atoms. The number of benzene rings is 1. The molecular weight excluding hydrogens is 382 g/mol. The van der Waals surface area contributed by atoms with Crippen molar-refractivity contribution in [3.8, 4) is 11.3 Å². The lowest BCUT2D eigenvalue weighted by Gasteiger charge is -2.33. The first-order valence-corrected chi connectivity index (χ1v) is 8.61. The zero-order chi connectivity index (χ0) is 18.2. The van der Waals surface area contributed by atoms with E-state index in [4.69, 9.17) is 4.98 Å². The van der Waals surface area contributed by atoms with Crippen LogP contribution < -0.4 is 4.90 Å². The van der Waals surface area contributed by atoms with Crippen molar-refractivity contribution in [3.05, 3.63) is 53.1 Å². The zero-order valence-corrected chi connectivity index (χ0v) is 15.8. The monoisotopic (exact) mass is 399 g/mol. The summed E-state index contributed by atoms with van der Waals surface area (Å²) in [5, 5.41) is 9.72. The molecule has 128 valence electrons. The average molecular weight is 400 g/mol. The number of pyridine rings is 2. The van der Waals surface area contributed by atoms with Gasteiger partial charge in [-0.3, -0.25) is 9.88 Å². The van der Waals surface area contributed by atoms with Gasteiger partial charge in [0.15, 0.2) is 0 Å². The second kappa shape index (κ2) is 6.44. The van der Waals surface area contributed by atoms with E-state index in [0.717, 1.165) is 15.7 Å². The summed E-state index contributed by atoms with van der Waals surface area (Å²) in [5.74, 6) is 0. The Balaban J connectivity index is 2.24. The number of carbonyl (C=O) groups is 1. The predicted octanol–water partition coefficient (Wildman–Crippen LogP) is 5.34. The third-order valence-corrected chi connectivity index (χ3v) is 4.28. The molecule has 1 N–H and O–H groups in total. The lowest BCUT2D eigenvalue weighted by Crippen LogP contribution is -2.45. The standard InChI is InChI=1S/C19H18BrN3O2/c1-19(2,3)23(18(24)25)16-9-10-21-15-8-7-14(22-17(15)16)12-5-4-6-13(20)11-12/h4-11H,1-3H3,(H,24,25). The number of halogens is 1. The molecule has 0 atom stereocenters. The van der Waals surface area contributed by atoms with Crippen LogP contribution in [0.5, 0.6) is 0 Å². The van der Waals surface area contributed by atoms with Crippen LogP contribution in [0.4, 0.5) is 10.5 Å². The summed E-state index contributed by atoms with van der Waals surface area (Å²) < 4.78 is 0.958. The van der Waals surface area contributed by atoms with Crippen molar-refractivity contribution in [1.82, 2.24) is 9.97 Å². The first kappa shape index (κ1) is 17.4. The minimum atomic E-state index is -1.02. The molecule has 3 aromatic rings. The molecule has 2 aromatic heterocycles. The Morgan fingerprint density at radius 2 is 1.92 bits per heavy atom. The van der Waals surface area contributed by atoms with Crippen LogP contribution >= 0.6 is 15.9 Å². The highest BCUT2D eigenvalue weighted by molar-refractivity contribution is 9.10. The third kappa shape index (κ3) is 3.49. The quantitative estimate of drug-likeness (QED) is 0.631. The summed E-state index contributed by atoms with van der Waals surface area (Å²) in [6.45, 7) is 5.56. The van der Waals surface area contributed by atoms with Crippen molar-refractivity contribution in [3.63, 3.8) is 0 Å². The molecule has 0 radical (unpaired) electrons. The molecule has 1 aromatic carbocycles. The Morgan fingerprint density at radius 3 is 2.56 bits per heavy atom. The summed E-state index contributed by atoms with van der Waals surface area (Å²) in [4.78, 5) is 22.2. The van der Waals surface area contributed by atoms with Crippen molar-refractivity contribution in [2.45, 2.75) is 26.3 Å². The second-order valence-corrected chi connectivity index (χ2v) is 7.61. The lowest BCUT2D eigenvalue weighted by molar-refractivity contribution is 0.195. The molecule has 0 unspecified atom stereocenters. The minimum absolute atomic E-state index is 0.529. The maximum absolute atomic E-state index is 11.9. The molecule has 0 bridgehead atoms. The first-order chi connectivity index (χ1) is 11.8. The number of hydrogen-bond acceptors (Lipinski definition) is 3. The van der Waals surface area contributed by atoms with Gasteiger partial charge < -0.3 is 5.11 Å². The van der Waals surface area contributed by atoms with Crippen molar-refractivity contribution in [2.75, 3.05) is 4.90 Å². The highest BCUT2D eigenvalue weighted by atomic mass is 79.9. The zero-order valence-electron chi connectivity index (χ0n) is 14.2. The summed E-state index contributed by atoms with van der Waals surface area (Å²) in [6.07, 6.45) is 0.592. The number of nitrogens with zero attached hydrogens (tertiary/aromatic N) is 3. The van der Waals surface area contributed by atoms with Crippen LogP contribution in [0.25, 0.3) is 22.3 Å². The molecule has 0 aliphatic rings. The van der Waals surface area contributed by atoms with Gasteiger partial charge in [0.25, 0.3) is 0 Å². The van der Waals surface area contributed by atoms with E-state index in [2.05, 4.69) is 20.9 Å². The largest absolute Gasteiger partial charge is 0.465 e. The van der Waals surface area contributed by atoms with E-state index in [1.807, 2.05) is 57.2 Å². The number of hydrogen-bond donors (Lipinski definition) is 1. The first-order valence-electron chi connectivity index (χ1n) is 7.82. The molecule has 25 heavy (non-hydrogen) atoms. The average Bonchev–Trinajstić information content (AvgIpc) is 2.53. The van der Waals surface area contributed by atoms with Crippen molar-refractivity contribution >= 4 is 38.7 Å². The van der Waals surface area contributed by atoms with Crippen LogP contribution in [-0.2, 0) is 0 Å². The molecule has 3 rings (SSSR count). The van der Waals surface area contributed by atoms with E-state index in [1.54, 1.807) is 12.3 Å². The smallest absolute Gasteiger partial charge is 0.412 e. The van der Waals surface area contributed by atoms with Gasteiger partial charge in [0, 0.05) is 21.8 Å². The Morgan fingerprint density at radius 1 is 1.16 bits per heavy atom. The van der Waals surface area contributed by atoms with Gasteiger partial charge in [-0.1, -0.05) is 28.1 Å². The Bertz CT molecular complexity index is 951. The van der Waals surface area contributed by atoms with Crippen LogP contribution in [0.2, 0.25) is 0 Å². The molecule has 5 nitrogen and oxygen atoms in total. The second-order valence-electron chi connectivity index (χ2n) is 6.69. The minimum Gasteiger partial charge on any atom is -0.465 e. The van der Waals surface area contributed by atoms with Crippen LogP contribution in [0.1, 0.15) is 20.8 Å².